The number of rotatable bonds is 4. The molecule has 5 rings (SSSR count). The van der Waals surface area contributed by atoms with Crippen molar-refractivity contribution in [3.63, 3.8) is 0 Å². The van der Waals surface area contributed by atoms with Crippen molar-refractivity contribution in [2.45, 2.75) is 24.8 Å². The van der Waals surface area contributed by atoms with Gasteiger partial charge < -0.3 is 19.8 Å². The predicted molar refractivity (Wildman–Crippen MR) is 119 cm³/mol. The molecule has 8 nitrogen and oxygen atoms in total. The summed E-state index contributed by atoms with van der Waals surface area (Å²) in [6, 6.07) is 17.6. The van der Waals surface area contributed by atoms with E-state index >= 15 is 0 Å². The number of hydrogen-bond donors (Lipinski definition) is 2. The summed E-state index contributed by atoms with van der Waals surface area (Å²) in [6.45, 7) is 0. The van der Waals surface area contributed by atoms with E-state index in [2.05, 4.69) is 10.6 Å². The number of ketones is 1. The standard InChI is InChI=1S/C24H21N3O5/c1-31-16-8-6-14(7-9-16)15-12-19-23(20(28)13-15)24(21-10-11-22(32-21)27(29)30)26-18-5-3-2-4-17(18)25-19/h2-11,15,24-26H,12-13H2,1H3/t15-,24-/m0/s1. The third-order valence-electron chi connectivity index (χ3n) is 5.97. The maximum atomic E-state index is 13.4. The van der Waals surface area contributed by atoms with Crippen molar-refractivity contribution in [1.82, 2.24) is 0 Å². The molecule has 1 aliphatic heterocycles. The Hall–Kier alpha value is -4.07. The Morgan fingerprint density at radius 2 is 1.78 bits per heavy atom. The second kappa shape index (κ2) is 7.88. The number of furan rings is 1. The summed E-state index contributed by atoms with van der Waals surface area (Å²) in [7, 11) is 1.62. The van der Waals surface area contributed by atoms with Crippen molar-refractivity contribution in [1.29, 1.82) is 0 Å². The van der Waals surface area contributed by atoms with Crippen LogP contribution in [0.25, 0.3) is 0 Å². The third-order valence-corrected chi connectivity index (χ3v) is 5.97. The van der Waals surface area contributed by atoms with E-state index in [1.54, 1.807) is 13.2 Å². The zero-order valence-corrected chi connectivity index (χ0v) is 17.3. The second-order valence-corrected chi connectivity index (χ2v) is 7.87. The molecule has 0 saturated heterocycles. The number of Topliss-reactive ketones (excluding diaryl/α,β-unsaturated/α-hetero) is 1. The molecular weight excluding hydrogens is 410 g/mol. The van der Waals surface area contributed by atoms with Crippen LogP contribution in [-0.4, -0.2) is 17.8 Å². The van der Waals surface area contributed by atoms with Gasteiger partial charge in [0.15, 0.2) is 5.78 Å². The van der Waals surface area contributed by atoms with E-state index in [4.69, 9.17) is 9.15 Å². The van der Waals surface area contributed by atoms with E-state index in [1.807, 2.05) is 48.5 Å². The summed E-state index contributed by atoms with van der Waals surface area (Å²) in [6.07, 6.45) is 0.965. The maximum absolute atomic E-state index is 13.4. The molecule has 3 aromatic rings. The molecule has 0 bridgehead atoms. The summed E-state index contributed by atoms with van der Waals surface area (Å²) in [5.41, 5.74) is 4.04. The topological polar surface area (TPSA) is 107 Å². The molecule has 2 N–H and O–H groups in total. The molecule has 1 aromatic heterocycles. The van der Waals surface area contributed by atoms with Gasteiger partial charge >= 0.3 is 5.88 Å². The van der Waals surface area contributed by atoms with Crippen molar-refractivity contribution in [3.8, 4) is 5.75 Å². The molecular formula is C24H21N3O5. The number of allylic oxidation sites excluding steroid dienone is 1. The summed E-state index contributed by atoms with van der Waals surface area (Å²) >= 11 is 0. The number of nitro groups is 1. The van der Waals surface area contributed by atoms with Gasteiger partial charge in [-0.15, -0.1) is 0 Å². The maximum Gasteiger partial charge on any atom is 0.433 e. The Balaban J connectivity index is 1.57. The number of nitrogens with one attached hydrogen (secondary N) is 2. The highest BCUT2D eigenvalue weighted by Crippen LogP contribution is 2.44. The highest BCUT2D eigenvalue weighted by atomic mass is 16.6. The molecule has 0 radical (unpaired) electrons. The van der Waals surface area contributed by atoms with Crippen LogP contribution in [0, 0.1) is 10.1 Å². The molecule has 2 heterocycles. The van der Waals surface area contributed by atoms with Crippen molar-refractivity contribution in [3.05, 3.63) is 93.4 Å². The first-order valence-corrected chi connectivity index (χ1v) is 10.3. The van der Waals surface area contributed by atoms with E-state index in [1.165, 1.54) is 6.07 Å². The van der Waals surface area contributed by atoms with Crippen LogP contribution in [-0.2, 0) is 4.79 Å². The molecule has 0 unspecified atom stereocenters. The summed E-state index contributed by atoms with van der Waals surface area (Å²) < 4.78 is 10.7. The first-order valence-electron chi connectivity index (χ1n) is 10.3. The van der Waals surface area contributed by atoms with E-state index < -0.39 is 11.0 Å². The number of fused-ring (bicyclic) bond motifs is 1. The minimum absolute atomic E-state index is 0.0107. The number of carbonyl (C=O) groups is 1. The number of methoxy groups -OCH3 is 1. The van der Waals surface area contributed by atoms with E-state index in [-0.39, 0.29) is 17.6 Å². The summed E-state index contributed by atoms with van der Waals surface area (Å²) in [5, 5.41) is 17.9. The Morgan fingerprint density at radius 1 is 1.03 bits per heavy atom. The molecule has 2 aromatic carbocycles. The Bertz CT molecular complexity index is 1230. The average Bonchev–Trinajstić information content (AvgIpc) is 3.23. The fraction of sp³-hybridized carbons (Fsp3) is 0.208. The van der Waals surface area contributed by atoms with Gasteiger partial charge in [-0.2, -0.15) is 0 Å². The number of nitrogens with zero attached hydrogens (tertiary/aromatic N) is 1. The van der Waals surface area contributed by atoms with Crippen LogP contribution >= 0.6 is 0 Å². The SMILES string of the molecule is COc1ccc([C@@H]2CC(=O)C3=C(C2)Nc2ccccc2N[C@H]3c2ccc([N+](=O)[O-])o2)cc1. The van der Waals surface area contributed by atoms with E-state index in [0.29, 0.717) is 24.2 Å². The van der Waals surface area contributed by atoms with Crippen molar-refractivity contribution >= 4 is 23.0 Å². The predicted octanol–water partition coefficient (Wildman–Crippen LogP) is 5.18. The van der Waals surface area contributed by atoms with Gasteiger partial charge in [0.1, 0.15) is 22.5 Å². The van der Waals surface area contributed by atoms with Gasteiger partial charge in [-0.3, -0.25) is 14.9 Å². The average molecular weight is 431 g/mol. The minimum Gasteiger partial charge on any atom is -0.497 e. The Labute approximate surface area is 184 Å². The molecule has 0 saturated carbocycles. The van der Waals surface area contributed by atoms with E-state index in [0.717, 1.165) is 28.4 Å². The number of ether oxygens (including phenoxy) is 1. The molecule has 0 spiro atoms. The molecule has 1 aliphatic carbocycles. The van der Waals surface area contributed by atoms with Gasteiger partial charge in [-0.25, -0.2) is 0 Å². The van der Waals surface area contributed by atoms with Crippen molar-refractivity contribution in [2.24, 2.45) is 0 Å². The van der Waals surface area contributed by atoms with Crippen LogP contribution in [0.3, 0.4) is 0 Å². The van der Waals surface area contributed by atoms with Crippen LogP contribution in [0.2, 0.25) is 0 Å². The first kappa shape index (κ1) is 19.9. The smallest absolute Gasteiger partial charge is 0.433 e. The first-order chi connectivity index (χ1) is 15.5. The molecule has 162 valence electrons. The van der Waals surface area contributed by atoms with Gasteiger partial charge in [0, 0.05) is 17.7 Å². The van der Waals surface area contributed by atoms with Gasteiger partial charge in [-0.05, 0) is 48.2 Å². The van der Waals surface area contributed by atoms with E-state index in [9.17, 15) is 14.9 Å². The molecule has 2 aliphatic rings. The van der Waals surface area contributed by atoms with Gasteiger partial charge in [0.2, 0.25) is 0 Å². The lowest BCUT2D eigenvalue weighted by molar-refractivity contribution is -0.402. The Kier molecular flexibility index (Phi) is 4.89. The van der Waals surface area contributed by atoms with Crippen LogP contribution in [0.1, 0.15) is 36.1 Å². The molecule has 0 fully saturated rings. The normalized spacial score (nSPS) is 19.8. The second-order valence-electron chi connectivity index (χ2n) is 7.87. The highest BCUT2D eigenvalue weighted by molar-refractivity contribution is 6.01. The van der Waals surface area contributed by atoms with Gasteiger partial charge in [-0.1, -0.05) is 24.3 Å². The highest BCUT2D eigenvalue weighted by Gasteiger charge is 2.37. The Morgan fingerprint density at radius 3 is 2.47 bits per heavy atom. The number of carbonyl (C=O) groups excluding carboxylic acids is 1. The fourth-order valence-corrected chi connectivity index (χ4v) is 4.41. The molecule has 8 heteroatoms. The number of para-hydroxylation sites is 2. The summed E-state index contributed by atoms with van der Waals surface area (Å²) in [4.78, 5) is 24.0. The van der Waals surface area contributed by atoms with Crippen LogP contribution in [0.15, 0.2) is 76.4 Å². The third kappa shape index (κ3) is 3.49. The lowest BCUT2D eigenvalue weighted by Crippen LogP contribution is -2.26. The van der Waals surface area contributed by atoms with Crippen molar-refractivity contribution < 1.29 is 18.9 Å². The zero-order valence-electron chi connectivity index (χ0n) is 17.3. The molecule has 32 heavy (non-hydrogen) atoms. The summed E-state index contributed by atoms with van der Waals surface area (Å²) in [5.74, 6) is 0.731. The van der Waals surface area contributed by atoms with Crippen LogP contribution < -0.4 is 15.4 Å². The quantitative estimate of drug-likeness (QED) is 0.433. The van der Waals surface area contributed by atoms with Crippen LogP contribution in [0.4, 0.5) is 17.3 Å². The number of anilines is 2. The molecule has 0 amide bonds. The van der Waals surface area contributed by atoms with Crippen molar-refractivity contribution in [2.75, 3.05) is 17.7 Å². The fourth-order valence-electron chi connectivity index (χ4n) is 4.41. The monoisotopic (exact) mass is 431 g/mol. The lowest BCUT2D eigenvalue weighted by atomic mass is 9.79. The number of hydrogen-bond acceptors (Lipinski definition) is 7. The number of benzene rings is 2. The van der Waals surface area contributed by atoms with Gasteiger partial charge in [0.05, 0.1) is 24.6 Å². The minimum atomic E-state index is -0.626. The van der Waals surface area contributed by atoms with Crippen LogP contribution in [0.5, 0.6) is 5.75 Å². The molecule has 2 atom stereocenters. The van der Waals surface area contributed by atoms with Gasteiger partial charge in [0.25, 0.3) is 0 Å². The zero-order chi connectivity index (χ0) is 22.2. The lowest BCUT2D eigenvalue weighted by Gasteiger charge is -2.29. The largest absolute Gasteiger partial charge is 0.497 e.